The van der Waals surface area contributed by atoms with E-state index in [1.807, 2.05) is 6.08 Å². The molecule has 13 heavy (non-hydrogen) atoms. The zero-order valence-corrected chi connectivity index (χ0v) is 8.16. The van der Waals surface area contributed by atoms with Crippen LogP contribution < -0.4 is 0 Å². The van der Waals surface area contributed by atoms with Crippen LogP contribution in [0.5, 0.6) is 0 Å². The van der Waals surface area contributed by atoms with Crippen LogP contribution in [0.1, 0.15) is 26.7 Å². The minimum atomic E-state index is -0.273. The topological polar surface area (TPSA) is 37.3 Å². The van der Waals surface area contributed by atoms with Crippen LogP contribution in [0.4, 0.5) is 0 Å². The lowest BCUT2D eigenvalue weighted by atomic mass is 9.89. The number of carbonyl (C=O) groups excluding carboxylic acids is 1. The predicted octanol–water partition coefficient (Wildman–Crippen LogP) is 2.62. The minimum absolute atomic E-state index is 0.102. The van der Waals surface area contributed by atoms with Gasteiger partial charge in [0.1, 0.15) is 0 Å². The molecular weight excluding hydrogens is 164 g/mol. The van der Waals surface area contributed by atoms with Crippen molar-refractivity contribution in [2.45, 2.75) is 26.7 Å². The van der Waals surface area contributed by atoms with E-state index in [-0.39, 0.29) is 11.5 Å². The third-order valence-corrected chi connectivity index (χ3v) is 2.42. The Labute approximate surface area is 79.0 Å². The van der Waals surface area contributed by atoms with Gasteiger partial charge in [-0.3, -0.25) is 4.79 Å². The Morgan fingerprint density at radius 1 is 1.54 bits per heavy atom. The van der Waals surface area contributed by atoms with Gasteiger partial charge in [-0.15, -0.1) is 0 Å². The van der Waals surface area contributed by atoms with Gasteiger partial charge < -0.3 is 5.11 Å². The molecular formula is C11H16O2. The maximum absolute atomic E-state index is 11.1. The van der Waals surface area contributed by atoms with Crippen molar-refractivity contribution in [3.8, 4) is 0 Å². The highest BCUT2D eigenvalue weighted by Crippen LogP contribution is 2.21. The fourth-order valence-electron chi connectivity index (χ4n) is 1.46. The summed E-state index contributed by atoms with van der Waals surface area (Å²) in [5.74, 6) is 0.412. The molecule has 0 aromatic rings. The van der Waals surface area contributed by atoms with E-state index in [0.29, 0.717) is 11.8 Å². The van der Waals surface area contributed by atoms with Crippen LogP contribution in [0.15, 0.2) is 24.0 Å². The molecule has 0 radical (unpaired) electrons. The fourth-order valence-corrected chi connectivity index (χ4v) is 1.46. The molecule has 1 atom stereocenters. The van der Waals surface area contributed by atoms with E-state index in [0.717, 1.165) is 12.8 Å². The van der Waals surface area contributed by atoms with Gasteiger partial charge >= 0.3 is 0 Å². The molecule has 0 fully saturated rings. The third-order valence-electron chi connectivity index (χ3n) is 2.42. The van der Waals surface area contributed by atoms with Crippen molar-refractivity contribution in [3.63, 3.8) is 0 Å². The Balaban J connectivity index is 2.81. The van der Waals surface area contributed by atoms with Gasteiger partial charge in [0.25, 0.3) is 0 Å². The van der Waals surface area contributed by atoms with Crippen LogP contribution in [-0.2, 0) is 4.79 Å². The summed E-state index contributed by atoms with van der Waals surface area (Å²) in [4.78, 5) is 11.1. The van der Waals surface area contributed by atoms with Crippen molar-refractivity contribution in [2.24, 2.45) is 11.8 Å². The largest absolute Gasteiger partial charge is 0.504 e. The summed E-state index contributed by atoms with van der Waals surface area (Å²) in [6.45, 7) is 4.20. The second kappa shape index (κ2) is 4.26. The van der Waals surface area contributed by atoms with Crippen molar-refractivity contribution in [3.05, 3.63) is 24.0 Å². The lowest BCUT2D eigenvalue weighted by molar-refractivity contribution is -0.113. The number of allylic oxidation sites excluding steroid dienone is 3. The summed E-state index contributed by atoms with van der Waals surface area (Å²) >= 11 is 0. The Kier molecular flexibility index (Phi) is 3.29. The molecule has 0 aliphatic heterocycles. The molecule has 0 spiro atoms. The quantitative estimate of drug-likeness (QED) is 0.673. The highest BCUT2D eigenvalue weighted by molar-refractivity contribution is 6.02. The van der Waals surface area contributed by atoms with Gasteiger partial charge in [-0.1, -0.05) is 19.9 Å². The molecule has 1 unspecified atom stereocenters. The van der Waals surface area contributed by atoms with Crippen molar-refractivity contribution in [1.29, 1.82) is 0 Å². The lowest BCUT2D eigenvalue weighted by Gasteiger charge is -2.17. The first-order valence-electron chi connectivity index (χ1n) is 4.73. The van der Waals surface area contributed by atoms with Crippen LogP contribution in [-0.4, -0.2) is 10.9 Å². The zero-order valence-electron chi connectivity index (χ0n) is 8.16. The van der Waals surface area contributed by atoms with Crippen molar-refractivity contribution in [2.75, 3.05) is 0 Å². The lowest BCUT2D eigenvalue weighted by Crippen LogP contribution is -2.10. The SMILES string of the molecule is CC(C)C1/C=C(/O)C(=O)/C=C\CC1. The Morgan fingerprint density at radius 3 is 2.85 bits per heavy atom. The van der Waals surface area contributed by atoms with Gasteiger partial charge in [-0.2, -0.15) is 0 Å². The van der Waals surface area contributed by atoms with Crippen LogP contribution in [0.3, 0.4) is 0 Å². The molecule has 72 valence electrons. The number of hydrogen-bond acceptors (Lipinski definition) is 2. The molecule has 0 bridgehead atoms. The van der Waals surface area contributed by atoms with Crippen molar-refractivity contribution >= 4 is 5.78 Å². The van der Waals surface area contributed by atoms with E-state index in [1.165, 1.54) is 6.08 Å². The van der Waals surface area contributed by atoms with E-state index in [1.54, 1.807) is 6.08 Å². The molecule has 1 rings (SSSR count). The summed E-state index contributed by atoms with van der Waals surface area (Å²) in [6.07, 6.45) is 6.89. The Morgan fingerprint density at radius 2 is 2.23 bits per heavy atom. The molecule has 0 heterocycles. The van der Waals surface area contributed by atoms with E-state index < -0.39 is 0 Å². The Hall–Kier alpha value is -1.05. The summed E-state index contributed by atoms with van der Waals surface area (Å²) < 4.78 is 0. The van der Waals surface area contributed by atoms with Crippen LogP contribution in [0.2, 0.25) is 0 Å². The molecule has 0 amide bonds. The van der Waals surface area contributed by atoms with Gasteiger partial charge in [0, 0.05) is 0 Å². The molecule has 0 saturated heterocycles. The molecule has 1 N–H and O–H groups in total. The Bertz CT molecular complexity index is 249. The molecule has 0 aromatic heterocycles. The summed E-state index contributed by atoms with van der Waals surface area (Å²) in [5, 5.41) is 9.36. The number of hydrogen-bond donors (Lipinski definition) is 1. The molecule has 2 heteroatoms. The normalized spacial score (nSPS) is 30.5. The molecule has 0 aromatic carbocycles. The van der Waals surface area contributed by atoms with Crippen molar-refractivity contribution in [1.82, 2.24) is 0 Å². The van der Waals surface area contributed by atoms with Gasteiger partial charge in [0.05, 0.1) is 0 Å². The second-order valence-electron chi connectivity index (χ2n) is 3.80. The molecule has 1 aliphatic rings. The fraction of sp³-hybridized carbons (Fsp3) is 0.545. The second-order valence-corrected chi connectivity index (χ2v) is 3.80. The average molecular weight is 180 g/mol. The van der Waals surface area contributed by atoms with Crippen LogP contribution in [0.25, 0.3) is 0 Å². The summed E-state index contributed by atoms with van der Waals surface area (Å²) in [6, 6.07) is 0. The van der Waals surface area contributed by atoms with Gasteiger partial charge in [-0.25, -0.2) is 0 Å². The smallest absolute Gasteiger partial charge is 0.219 e. The summed E-state index contributed by atoms with van der Waals surface area (Å²) in [5.41, 5.74) is 0. The van der Waals surface area contributed by atoms with E-state index in [4.69, 9.17) is 0 Å². The number of aliphatic hydroxyl groups excluding tert-OH is 1. The minimum Gasteiger partial charge on any atom is -0.504 e. The van der Waals surface area contributed by atoms with Gasteiger partial charge in [0.2, 0.25) is 5.78 Å². The van der Waals surface area contributed by atoms with Crippen molar-refractivity contribution < 1.29 is 9.90 Å². The summed E-state index contributed by atoms with van der Waals surface area (Å²) in [7, 11) is 0. The molecule has 1 aliphatic carbocycles. The number of rotatable bonds is 1. The van der Waals surface area contributed by atoms with E-state index >= 15 is 0 Å². The maximum atomic E-state index is 11.1. The van der Waals surface area contributed by atoms with Crippen LogP contribution in [0, 0.1) is 11.8 Å². The first-order valence-corrected chi connectivity index (χ1v) is 4.73. The maximum Gasteiger partial charge on any atom is 0.219 e. The first kappa shape index (κ1) is 10.0. The average Bonchev–Trinajstić information content (AvgIpc) is 2.06. The highest BCUT2D eigenvalue weighted by atomic mass is 16.3. The monoisotopic (exact) mass is 180 g/mol. The van der Waals surface area contributed by atoms with Crippen LogP contribution >= 0.6 is 0 Å². The van der Waals surface area contributed by atoms with E-state index in [2.05, 4.69) is 13.8 Å². The number of aliphatic hydroxyl groups is 1. The molecule has 2 nitrogen and oxygen atoms in total. The standard InChI is InChI=1S/C11H16O2/c1-8(2)9-5-3-4-6-10(12)11(13)7-9/h4,6-9,13H,3,5H2,1-2H3/b6-4-,11-7+. The third kappa shape index (κ3) is 2.72. The number of carbonyl (C=O) groups is 1. The number of ketones is 1. The van der Waals surface area contributed by atoms with E-state index in [9.17, 15) is 9.90 Å². The van der Waals surface area contributed by atoms with Gasteiger partial charge in [-0.05, 0) is 36.8 Å². The van der Waals surface area contributed by atoms with Gasteiger partial charge in [0.15, 0.2) is 5.76 Å². The zero-order chi connectivity index (χ0) is 9.84. The highest BCUT2D eigenvalue weighted by Gasteiger charge is 2.15. The first-order chi connectivity index (χ1) is 6.11. The predicted molar refractivity (Wildman–Crippen MR) is 52.4 cm³/mol. The molecule has 0 saturated carbocycles.